The van der Waals surface area contributed by atoms with E-state index in [1.54, 1.807) is 6.92 Å². The molecule has 0 saturated heterocycles. The normalized spacial score (nSPS) is 11.6. The number of hydrogen-bond acceptors (Lipinski definition) is 6. The maximum atomic E-state index is 11.4. The largest absolute Gasteiger partial charge is 0.480 e. The third kappa shape index (κ3) is 4.33. The van der Waals surface area contributed by atoms with E-state index in [9.17, 15) is 14.4 Å². The van der Waals surface area contributed by atoms with Crippen LogP contribution in [0.15, 0.2) is 0 Å². The van der Waals surface area contributed by atoms with Gasteiger partial charge in [-0.1, -0.05) is 11.3 Å². The van der Waals surface area contributed by atoms with E-state index in [0.29, 0.717) is 5.01 Å². The number of anilines is 1. The lowest BCUT2D eigenvalue weighted by Crippen LogP contribution is -2.45. The number of nitrogens with one attached hydrogen (secondary N) is 2. The van der Waals surface area contributed by atoms with Crippen LogP contribution in [0.4, 0.5) is 9.93 Å². The quantitative estimate of drug-likeness (QED) is 0.557. The topological polar surface area (TPSA) is 147 Å². The van der Waals surface area contributed by atoms with Crippen LogP contribution in [0.3, 0.4) is 0 Å². The molecule has 1 heterocycles. The van der Waals surface area contributed by atoms with Gasteiger partial charge < -0.3 is 16.2 Å². The number of carboxylic acid groups (broad SMARTS) is 1. The smallest absolute Gasteiger partial charge is 0.326 e. The highest BCUT2D eigenvalue weighted by Crippen LogP contribution is 2.13. The number of amides is 3. The second kappa shape index (κ2) is 5.91. The van der Waals surface area contributed by atoms with Gasteiger partial charge in [0, 0.05) is 0 Å². The number of primary amides is 1. The molecule has 98 valence electrons. The second-order valence-corrected chi connectivity index (χ2v) is 4.47. The predicted octanol–water partition coefficient (Wildman–Crippen LogP) is -0.703. The molecule has 0 aliphatic rings. The molecular formula is C8H11N5O4S. The minimum Gasteiger partial charge on any atom is -0.480 e. The van der Waals surface area contributed by atoms with E-state index in [-0.39, 0.29) is 5.13 Å². The van der Waals surface area contributed by atoms with Crippen molar-refractivity contribution in [3.05, 3.63) is 5.01 Å². The van der Waals surface area contributed by atoms with E-state index < -0.39 is 30.4 Å². The number of urea groups is 1. The van der Waals surface area contributed by atoms with Crippen LogP contribution in [0.1, 0.15) is 11.4 Å². The monoisotopic (exact) mass is 273 g/mol. The SMILES string of the molecule is Cc1nnc(NC(=O)NC(CC(N)=O)C(=O)O)s1. The van der Waals surface area contributed by atoms with E-state index in [2.05, 4.69) is 20.8 Å². The molecule has 1 rings (SSSR count). The number of hydrogen-bond donors (Lipinski definition) is 4. The van der Waals surface area contributed by atoms with E-state index in [0.717, 1.165) is 11.3 Å². The summed E-state index contributed by atoms with van der Waals surface area (Å²) in [7, 11) is 0. The second-order valence-electron chi connectivity index (χ2n) is 3.29. The molecule has 0 aromatic carbocycles. The molecule has 0 bridgehead atoms. The fourth-order valence-electron chi connectivity index (χ4n) is 1.04. The summed E-state index contributed by atoms with van der Waals surface area (Å²) in [5.41, 5.74) is 4.87. The van der Waals surface area contributed by atoms with Crippen LogP contribution in [0.5, 0.6) is 0 Å². The van der Waals surface area contributed by atoms with Gasteiger partial charge in [-0.15, -0.1) is 10.2 Å². The molecule has 9 nitrogen and oxygen atoms in total. The first-order valence-electron chi connectivity index (χ1n) is 4.77. The Balaban J connectivity index is 2.56. The van der Waals surface area contributed by atoms with Crippen molar-refractivity contribution in [3.63, 3.8) is 0 Å². The Labute approximate surface area is 105 Å². The summed E-state index contributed by atoms with van der Waals surface area (Å²) in [6.45, 7) is 1.70. The van der Waals surface area contributed by atoms with Crippen molar-refractivity contribution in [3.8, 4) is 0 Å². The molecule has 1 unspecified atom stereocenters. The lowest BCUT2D eigenvalue weighted by Gasteiger charge is -2.12. The van der Waals surface area contributed by atoms with Gasteiger partial charge in [0.15, 0.2) is 0 Å². The van der Waals surface area contributed by atoms with Crippen molar-refractivity contribution in [2.45, 2.75) is 19.4 Å². The van der Waals surface area contributed by atoms with Crippen LogP contribution in [0, 0.1) is 6.92 Å². The minimum atomic E-state index is -1.38. The first kappa shape index (κ1) is 13.8. The number of aliphatic carboxylic acids is 1. The average Bonchev–Trinajstić information content (AvgIpc) is 2.62. The number of carbonyl (C=O) groups excluding carboxylic acids is 2. The Morgan fingerprint density at radius 2 is 2.11 bits per heavy atom. The van der Waals surface area contributed by atoms with Crippen molar-refractivity contribution in [1.29, 1.82) is 0 Å². The standard InChI is InChI=1S/C8H11N5O4S/c1-3-12-13-8(18-3)11-7(17)10-4(6(15)16)2-5(9)14/h4H,2H2,1H3,(H2,9,14)(H,15,16)(H2,10,11,13,17). The number of aryl methyl sites for hydroxylation is 1. The third-order valence-corrected chi connectivity index (χ3v) is 2.51. The number of aromatic nitrogens is 2. The molecule has 0 radical (unpaired) electrons. The predicted molar refractivity (Wildman–Crippen MR) is 62.0 cm³/mol. The molecule has 0 saturated carbocycles. The van der Waals surface area contributed by atoms with Gasteiger partial charge in [0.05, 0.1) is 6.42 Å². The fraction of sp³-hybridized carbons (Fsp3) is 0.375. The number of carbonyl (C=O) groups is 3. The van der Waals surface area contributed by atoms with Crippen LogP contribution >= 0.6 is 11.3 Å². The number of nitrogens with two attached hydrogens (primary N) is 1. The molecule has 0 aliphatic carbocycles. The highest BCUT2D eigenvalue weighted by Gasteiger charge is 2.22. The molecule has 1 atom stereocenters. The Bertz CT molecular complexity index is 474. The average molecular weight is 273 g/mol. The van der Waals surface area contributed by atoms with Crippen molar-refractivity contribution in [2.75, 3.05) is 5.32 Å². The molecule has 0 spiro atoms. The lowest BCUT2D eigenvalue weighted by atomic mass is 10.2. The van der Waals surface area contributed by atoms with E-state index in [1.165, 1.54) is 0 Å². The zero-order valence-electron chi connectivity index (χ0n) is 9.34. The summed E-state index contributed by atoms with van der Waals surface area (Å²) >= 11 is 1.13. The van der Waals surface area contributed by atoms with Gasteiger partial charge in [-0.05, 0) is 6.92 Å². The van der Waals surface area contributed by atoms with Crippen LogP contribution in [-0.4, -0.2) is 39.3 Å². The minimum absolute atomic E-state index is 0.230. The van der Waals surface area contributed by atoms with Crippen LogP contribution in [0.2, 0.25) is 0 Å². The summed E-state index contributed by atoms with van der Waals surface area (Å²) in [5, 5.41) is 21.3. The summed E-state index contributed by atoms with van der Waals surface area (Å²) in [6.07, 6.45) is -0.488. The molecule has 3 amide bonds. The summed E-state index contributed by atoms with van der Waals surface area (Å²) in [4.78, 5) is 32.8. The van der Waals surface area contributed by atoms with Gasteiger partial charge in [0.25, 0.3) is 0 Å². The highest BCUT2D eigenvalue weighted by atomic mass is 32.1. The van der Waals surface area contributed by atoms with Gasteiger partial charge >= 0.3 is 12.0 Å². The number of nitrogens with zero attached hydrogens (tertiary/aromatic N) is 2. The Hall–Kier alpha value is -2.23. The highest BCUT2D eigenvalue weighted by molar-refractivity contribution is 7.15. The Kier molecular flexibility index (Phi) is 4.54. The molecule has 0 fully saturated rings. The maximum Gasteiger partial charge on any atom is 0.326 e. The van der Waals surface area contributed by atoms with Gasteiger partial charge in [0.2, 0.25) is 11.0 Å². The van der Waals surface area contributed by atoms with Crippen molar-refractivity contribution >= 4 is 34.4 Å². The number of rotatable bonds is 5. The van der Waals surface area contributed by atoms with Crippen LogP contribution in [0.25, 0.3) is 0 Å². The molecule has 1 aromatic rings. The zero-order valence-corrected chi connectivity index (χ0v) is 10.2. The van der Waals surface area contributed by atoms with Crippen LogP contribution < -0.4 is 16.4 Å². The summed E-state index contributed by atoms with van der Waals surface area (Å²) in [5.74, 6) is -2.17. The summed E-state index contributed by atoms with van der Waals surface area (Å²) in [6, 6.07) is -2.17. The molecular weight excluding hydrogens is 262 g/mol. The van der Waals surface area contributed by atoms with Gasteiger partial charge in [-0.25, -0.2) is 9.59 Å². The third-order valence-electron chi connectivity index (χ3n) is 1.76. The van der Waals surface area contributed by atoms with E-state index >= 15 is 0 Å². The first-order chi connectivity index (χ1) is 8.38. The molecule has 1 aromatic heterocycles. The zero-order chi connectivity index (χ0) is 13.7. The van der Waals surface area contributed by atoms with Crippen molar-refractivity contribution in [2.24, 2.45) is 5.73 Å². The number of carboxylic acids is 1. The van der Waals surface area contributed by atoms with Gasteiger partial charge in [0.1, 0.15) is 11.0 Å². The fourth-order valence-corrected chi connectivity index (χ4v) is 1.63. The van der Waals surface area contributed by atoms with Crippen molar-refractivity contribution in [1.82, 2.24) is 15.5 Å². The molecule has 10 heteroatoms. The molecule has 0 aliphatic heterocycles. The van der Waals surface area contributed by atoms with Crippen molar-refractivity contribution < 1.29 is 19.5 Å². The van der Waals surface area contributed by atoms with Crippen LogP contribution in [-0.2, 0) is 9.59 Å². The first-order valence-corrected chi connectivity index (χ1v) is 5.59. The molecule has 18 heavy (non-hydrogen) atoms. The van der Waals surface area contributed by atoms with Gasteiger partial charge in [-0.3, -0.25) is 10.1 Å². The maximum absolute atomic E-state index is 11.4. The van der Waals surface area contributed by atoms with E-state index in [1.807, 2.05) is 0 Å². The van der Waals surface area contributed by atoms with Gasteiger partial charge in [-0.2, -0.15) is 0 Å². The Morgan fingerprint density at radius 3 is 2.56 bits per heavy atom. The molecule has 5 N–H and O–H groups in total. The van der Waals surface area contributed by atoms with E-state index in [4.69, 9.17) is 10.8 Å². The Morgan fingerprint density at radius 1 is 1.44 bits per heavy atom. The summed E-state index contributed by atoms with van der Waals surface area (Å²) < 4.78 is 0. The lowest BCUT2D eigenvalue weighted by molar-refractivity contribution is -0.140.